The second-order valence-electron chi connectivity index (χ2n) is 7.05. The van der Waals surface area contributed by atoms with Gasteiger partial charge in [0, 0.05) is 28.2 Å². The topological polar surface area (TPSA) is 78.3 Å². The molecule has 6 nitrogen and oxygen atoms in total. The van der Waals surface area contributed by atoms with Crippen LogP contribution in [0.4, 0.5) is 4.79 Å². The number of hydrogen-bond acceptors (Lipinski definition) is 4. The smallest absolute Gasteiger partial charge is 0.411 e. The number of aromatic amines is 1. The van der Waals surface area contributed by atoms with Crippen molar-refractivity contribution in [3.8, 4) is 23.7 Å². The van der Waals surface area contributed by atoms with Gasteiger partial charge in [0.25, 0.3) is 0 Å². The van der Waals surface area contributed by atoms with Crippen LogP contribution in [0.1, 0.15) is 29.8 Å². The van der Waals surface area contributed by atoms with Crippen LogP contribution in [0.5, 0.6) is 5.75 Å². The van der Waals surface area contributed by atoms with Gasteiger partial charge in [-0.25, -0.2) is 4.79 Å². The maximum atomic E-state index is 12.9. The molecule has 1 aromatic heterocycles. The zero-order valence-corrected chi connectivity index (χ0v) is 17.7. The number of rotatable bonds is 4. The molecule has 1 atom stereocenters. The van der Waals surface area contributed by atoms with Gasteiger partial charge in [0.15, 0.2) is 13.2 Å². The lowest BCUT2D eigenvalue weighted by Crippen LogP contribution is -2.41. The Morgan fingerprint density at radius 3 is 2.81 bits per heavy atom. The van der Waals surface area contributed by atoms with E-state index in [1.165, 1.54) is 0 Å². The standard InChI is InChI=1S/C24H20ClN3O3/c1-2-3-13-31-24(29)28-12-10-19-20-15-17(25)6-9-21(20)27-22(19)23(28)16-4-7-18(8-5-16)30-14-11-26/h4-9,15,23,27H,10,12-14H2,1H3. The molecule has 0 aliphatic carbocycles. The zero-order valence-electron chi connectivity index (χ0n) is 16.9. The Morgan fingerprint density at radius 1 is 1.26 bits per heavy atom. The van der Waals surface area contributed by atoms with Crippen LogP contribution < -0.4 is 4.74 Å². The molecule has 1 amide bonds. The van der Waals surface area contributed by atoms with Gasteiger partial charge in [-0.15, -0.1) is 5.92 Å². The highest BCUT2D eigenvalue weighted by Gasteiger charge is 2.35. The number of H-pyrrole nitrogens is 1. The first kappa shape index (κ1) is 20.7. The van der Waals surface area contributed by atoms with Gasteiger partial charge < -0.3 is 14.5 Å². The number of ether oxygens (including phenoxy) is 2. The van der Waals surface area contributed by atoms with Crippen molar-refractivity contribution < 1.29 is 14.3 Å². The van der Waals surface area contributed by atoms with Gasteiger partial charge in [0.05, 0.1) is 0 Å². The van der Waals surface area contributed by atoms with Crippen LogP contribution in [0.2, 0.25) is 5.02 Å². The van der Waals surface area contributed by atoms with Gasteiger partial charge in [-0.2, -0.15) is 5.26 Å². The number of carbonyl (C=O) groups excluding carboxylic acids is 1. The van der Waals surface area contributed by atoms with E-state index in [1.54, 1.807) is 24.0 Å². The predicted molar refractivity (Wildman–Crippen MR) is 118 cm³/mol. The summed E-state index contributed by atoms with van der Waals surface area (Å²) in [6.45, 7) is 2.23. The Kier molecular flexibility index (Phi) is 6.02. The molecule has 1 N–H and O–H groups in total. The number of fused-ring (bicyclic) bond motifs is 3. The summed E-state index contributed by atoms with van der Waals surface area (Å²) in [7, 11) is 0. The lowest BCUT2D eigenvalue weighted by atomic mass is 9.92. The van der Waals surface area contributed by atoms with Gasteiger partial charge in [-0.3, -0.25) is 4.90 Å². The van der Waals surface area contributed by atoms with Crippen LogP contribution >= 0.6 is 11.6 Å². The summed E-state index contributed by atoms with van der Waals surface area (Å²) in [6.07, 6.45) is 0.268. The SMILES string of the molecule is CC#CCOC(=O)N1CCc2c([nH]c3ccc(Cl)cc23)C1c1ccc(OCC#N)cc1. The van der Waals surface area contributed by atoms with Crippen LogP contribution in [0, 0.1) is 23.2 Å². The molecular weight excluding hydrogens is 414 g/mol. The van der Waals surface area contributed by atoms with Crippen molar-refractivity contribution in [3.63, 3.8) is 0 Å². The Hall–Kier alpha value is -3.61. The van der Waals surface area contributed by atoms with Crippen molar-refractivity contribution in [1.82, 2.24) is 9.88 Å². The molecule has 1 aliphatic heterocycles. The summed E-state index contributed by atoms with van der Waals surface area (Å²) in [5.41, 5.74) is 3.96. The van der Waals surface area contributed by atoms with E-state index in [0.29, 0.717) is 23.7 Å². The number of carbonyl (C=O) groups is 1. The summed E-state index contributed by atoms with van der Waals surface area (Å²) in [4.78, 5) is 18.1. The number of nitrogens with one attached hydrogen (secondary N) is 1. The highest BCUT2D eigenvalue weighted by atomic mass is 35.5. The highest BCUT2D eigenvalue weighted by molar-refractivity contribution is 6.31. The Labute approximate surface area is 185 Å². The van der Waals surface area contributed by atoms with E-state index in [1.807, 2.05) is 36.4 Å². The predicted octanol–water partition coefficient (Wildman–Crippen LogP) is 4.83. The lowest BCUT2D eigenvalue weighted by Gasteiger charge is -2.35. The van der Waals surface area contributed by atoms with Crippen LogP contribution in [0.15, 0.2) is 42.5 Å². The summed E-state index contributed by atoms with van der Waals surface area (Å²) >= 11 is 6.23. The molecule has 1 unspecified atom stereocenters. The average Bonchev–Trinajstić information content (AvgIpc) is 3.15. The van der Waals surface area contributed by atoms with Gasteiger partial charge in [0.2, 0.25) is 0 Å². The minimum atomic E-state index is -0.417. The molecular formula is C24H20ClN3O3. The first-order valence-corrected chi connectivity index (χ1v) is 10.2. The molecule has 2 heterocycles. The van der Waals surface area contributed by atoms with E-state index in [9.17, 15) is 4.79 Å². The molecule has 1 aliphatic rings. The van der Waals surface area contributed by atoms with E-state index in [0.717, 1.165) is 27.7 Å². The monoisotopic (exact) mass is 433 g/mol. The first-order chi connectivity index (χ1) is 15.1. The van der Waals surface area contributed by atoms with Crippen molar-refractivity contribution >= 4 is 28.6 Å². The molecule has 2 aromatic carbocycles. The van der Waals surface area contributed by atoms with Crippen molar-refractivity contribution in [2.75, 3.05) is 19.8 Å². The number of nitrogens with zero attached hydrogens (tertiary/aromatic N) is 2. The van der Waals surface area contributed by atoms with Crippen molar-refractivity contribution in [1.29, 1.82) is 5.26 Å². The molecule has 0 radical (unpaired) electrons. The Balaban J connectivity index is 1.75. The van der Waals surface area contributed by atoms with Gasteiger partial charge in [-0.05, 0) is 54.8 Å². The number of hydrogen-bond donors (Lipinski definition) is 1. The normalized spacial score (nSPS) is 14.9. The van der Waals surface area contributed by atoms with E-state index >= 15 is 0 Å². The van der Waals surface area contributed by atoms with E-state index in [2.05, 4.69) is 16.8 Å². The maximum Gasteiger partial charge on any atom is 0.411 e. The third-order valence-electron chi connectivity index (χ3n) is 5.27. The number of amides is 1. The highest BCUT2D eigenvalue weighted by Crippen LogP contribution is 2.39. The number of benzene rings is 2. The zero-order chi connectivity index (χ0) is 21.8. The third kappa shape index (κ3) is 4.17. The van der Waals surface area contributed by atoms with Crippen LogP contribution in [0.25, 0.3) is 10.9 Å². The minimum absolute atomic E-state index is 0.0212. The quantitative estimate of drug-likeness (QED) is 0.597. The molecule has 3 aromatic rings. The molecule has 7 heteroatoms. The molecule has 156 valence electrons. The lowest BCUT2D eigenvalue weighted by molar-refractivity contribution is 0.0993. The Morgan fingerprint density at radius 2 is 2.06 bits per heavy atom. The molecule has 0 bridgehead atoms. The van der Waals surface area contributed by atoms with Crippen LogP contribution in [-0.4, -0.2) is 35.7 Å². The molecule has 4 rings (SSSR count). The van der Waals surface area contributed by atoms with Crippen LogP contribution in [-0.2, 0) is 11.2 Å². The minimum Gasteiger partial charge on any atom is -0.479 e. The van der Waals surface area contributed by atoms with Gasteiger partial charge in [-0.1, -0.05) is 29.7 Å². The largest absolute Gasteiger partial charge is 0.479 e. The summed E-state index contributed by atoms with van der Waals surface area (Å²) in [5, 5.41) is 10.4. The summed E-state index contributed by atoms with van der Waals surface area (Å²) < 4.78 is 10.7. The molecule has 0 spiro atoms. The first-order valence-electron chi connectivity index (χ1n) is 9.85. The van der Waals surface area contributed by atoms with Crippen LogP contribution in [0.3, 0.4) is 0 Å². The summed E-state index contributed by atoms with van der Waals surface area (Å²) in [5.74, 6) is 6.09. The molecule has 31 heavy (non-hydrogen) atoms. The van der Waals surface area contributed by atoms with E-state index in [4.69, 9.17) is 26.3 Å². The number of aromatic nitrogens is 1. The fraction of sp³-hybridized carbons (Fsp3) is 0.250. The van der Waals surface area contributed by atoms with Crippen molar-refractivity contribution in [2.45, 2.75) is 19.4 Å². The van der Waals surface area contributed by atoms with Gasteiger partial charge in [0.1, 0.15) is 17.9 Å². The van der Waals surface area contributed by atoms with Crippen molar-refractivity contribution in [3.05, 3.63) is 64.3 Å². The van der Waals surface area contributed by atoms with Crippen molar-refractivity contribution in [2.24, 2.45) is 0 Å². The number of halogens is 1. The second kappa shape index (κ2) is 9.04. The fourth-order valence-electron chi connectivity index (χ4n) is 3.92. The maximum absolute atomic E-state index is 12.9. The second-order valence-corrected chi connectivity index (χ2v) is 7.49. The van der Waals surface area contributed by atoms with Gasteiger partial charge >= 0.3 is 6.09 Å². The van der Waals surface area contributed by atoms with E-state index in [-0.39, 0.29) is 19.3 Å². The molecule has 0 saturated heterocycles. The molecule has 0 fully saturated rings. The summed E-state index contributed by atoms with van der Waals surface area (Å²) in [6, 6.07) is 14.7. The molecule has 0 saturated carbocycles. The Bertz CT molecular complexity index is 1220. The number of nitriles is 1. The van der Waals surface area contributed by atoms with E-state index < -0.39 is 6.09 Å². The third-order valence-corrected chi connectivity index (χ3v) is 5.50. The fourth-order valence-corrected chi connectivity index (χ4v) is 4.09. The average molecular weight is 434 g/mol.